The third kappa shape index (κ3) is 8.72. The van der Waals surface area contributed by atoms with Gasteiger partial charge in [0.15, 0.2) is 0 Å². The fraction of sp³-hybridized carbons (Fsp3) is 0. The van der Waals surface area contributed by atoms with Gasteiger partial charge in [-0.1, -0.05) is 231 Å². The van der Waals surface area contributed by atoms with Gasteiger partial charge in [0.2, 0.25) is 0 Å². The Hall–Kier alpha value is -10.3. The molecule has 1 heterocycles. The number of nitrogens with zero attached hydrogens (tertiary/aromatic N) is 2. The third-order valence-electron chi connectivity index (χ3n) is 15.4. The van der Waals surface area contributed by atoms with Crippen molar-refractivity contribution < 1.29 is 0 Å². The zero-order valence-electron chi connectivity index (χ0n) is 42.9. The maximum Gasteiger partial charge on any atom is 0.0547 e. The van der Waals surface area contributed by atoms with Gasteiger partial charge < -0.3 is 9.47 Å². The summed E-state index contributed by atoms with van der Waals surface area (Å²) in [5.41, 5.74) is 23.4. The van der Waals surface area contributed by atoms with Gasteiger partial charge in [0.1, 0.15) is 0 Å². The molecule has 2 nitrogen and oxygen atoms in total. The molecule has 0 radical (unpaired) electrons. The van der Waals surface area contributed by atoms with Gasteiger partial charge in [0.05, 0.1) is 11.0 Å². The molecule has 0 amide bonds. The molecule has 0 spiro atoms. The van der Waals surface area contributed by atoms with Crippen molar-refractivity contribution in [3.8, 4) is 83.6 Å². The van der Waals surface area contributed by atoms with Crippen LogP contribution in [0.25, 0.3) is 116 Å². The lowest BCUT2D eigenvalue weighted by atomic mass is 9.93. The molecule has 0 unspecified atom stereocenters. The van der Waals surface area contributed by atoms with Gasteiger partial charge >= 0.3 is 0 Å². The van der Waals surface area contributed by atoms with E-state index < -0.39 is 0 Å². The Bertz CT molecular complexity index is 4380. The largest absolute Gasteiger partial charge is 0.310 e. The molecule has 14 rings (SSSR count). The molecular weight excluding hydrogens is 941 g/mol. The minimum atomic E-state index is 1.07. The molecule has 13 aromatic carbocycles. The van der Waals surface area contributed by atoms with E-state index in [0.29, 0.717) is 0 Å². The number of para-hydroxylation sites is 2. The predicted molar refractivity (Wildman–Crippen MR) is 331 cm³/mol. The number of rotatable bonds is 11. The minimum Gasteiger partial charge on any atom is -0.310 e. The van der Waals surface area contributed by atoms with Crippen LogP contribution in [0.1, 0.15) is 0 Å². The van der Waals surface area contributed by atoms with Crippen LogP contribution >= 0.6 is 0 Å². The van der Waals surface area contributed by atoms with E-state index in [2.05, 4.69) is 325 Å². The van der Waals surface area contributed by atoms with Crippen LogP contribution in [-0.4, -0.2) is 4.57 Å². The highest BCUT2D eigenvalue weighted by atomic mass is 15.1. The molecule has 1 aromatic heterocycles. The summed E-state index contributed by atoms with van der Waals surface area (Å²) in [6.07, 6.45) is 0. The lowest BCUT2D eigenvalue weighted by Crippen LogP contribution is -2.10. The first-order valence-electron chi connectivity index (χ1n) is 26.8. The lowest BCUT2D eigenvalue weighted by molar-refractivity contribution is 1.18. The minimum absolute atomic E-state index is 1.07. The van der Waals surface area contributed by atoms with Gasteiger partial charge in [-0.25, -0.2) is 0 Å². The molecule has 0 aliphatic carbocycles. The number of hydrogen-bond acceptors (Lipinski definition) is 1. The van der Waals surface area contributed by atoms with Crippen molar-refractivity contribution in [1.29, 1.82) is 0 Å². The molecule has 78 heavy (non-hydrogen) atoms. The fourth-order valence-electron chi connectivity index (χ4n) is 11.6. The molecule has 0 fully saturated rings. The molecule has 0 aliphatic heterocycles. The highest BCUT2D eigenvalue weighted by Crippen LogP contribution is 2.43. The number of aromatic nitrogens is 1. The van der Waals surface area contributed by atoms with E-state index in [0.717, 1.165) is 39.4 Å². The molecule has 0 aliphatic rings. The van der Waals surface area contributed by atoms with Crippen molar-refractivity contribution in [1.82, 2.24) is 4.57 Å². The first-order valence-corrected chi connectivity index (χ1v) is 26.8. The van der Waals surface area contributed by atoms with Crippen LogP contribution in [0.3, 0.4) is 0 Å². The van der Waals surface area contributed by atoms with Gasteiger partial charge in [0, 0.05) is 33.5 Å². The van der Waals surface area contributed by atoms with Crippen molar-refractivity contribution >= 4 is 49.6 Å². The maximum atomic E-state index is 2.39. The second-order valence-electron chi connectivity index (χ2n) is 20.1. The van der Waals surface area contributed by atoms with Gasteiger partial charge in [-0.2, -0.15) is 0 Å². The van der Waals surface area contributed by atoms with Crippen LogP contribution in [-0.2, 0) is 0 Å². The van der Waals surface area contributed by atoms with E-state index in [1.165, 1.54) is 93.8 Å². The van der Waals surface area contributed by atoms with Crippen molar-refractivity contribution in [3.63, 3.8) is 0 Å². The predicted octanol–water partition coefficient (Wildman–Crippen LogP) is 21.1. The van der Waals surface area contributed by atoms with Crippen LogP contribution in [0.15, 0.2) is 315 Å². The molecule has 0 bridgehead atoms. The Labute approximate surface area is 455 Å². The molecule has 2 heteroatoms. The van der Waals surface area contributed by atoms with E-state index in [-0.39, 0.29) is 0 Å². The van der Waals surface area contributed by atoms with Crippen LogP contribution in [0.4, 0.5) is 17.1 Å². The molecule has 366 valence electrons. The van der Waals surface area contributed by atoms with Crippen LogP contribution in [0.5, 0.6) is 0 Å². The Morgan fingerprint density at radius 1 is 0.218 bits per heavy atom. The van der Waals surface area contributed by atoms with Crippen molar-refractivity contribution in [2.24, 2.45) is 0 Å². The second kappa shape index (κ2) is 20.1. The van der Waals surface area contributed by atoms with Gasteiger partial charge in [-0.15, -0.1) is 0 Å². The van der Waals surface area contributed by atoms with Crippen LogP contribution < -0.4 is 4.90 Å². The van der Waals surface area contributed by atoms with E-state index >= 15 is 0 Å². The summed E-state index contributed by atoms with van der Waals surface area (Å²) >= 11 is 0. The van der Waals surface area contributed by atoms with Crippen molar-refractivity contribution in [3.05, 3.63) is 315 Å². The van der Waals surface area contributed by atoms with E-state index in [4.69, 9.17) is 0 Å². The fourth-order valence-corrected chi connectivity index (χ4v) is 11.6. The zero-order chi connectivity index (χ0) is 51.8. The molecule has 14 aromatic rings. The first-order chi connectivity index (χ1) is 38.7. The van der Waals surface area contributed by atoms with Gasteiger partial charge in [-0.3, -0.25) is 0 Å². The van der Waals surface area contributed by atoms with Gasteiger partial charge in [-0.05, 0) is 174 Å². The molecular formula is C76H52N2. The van der Waals surface area contributed by atoms with E-state index in [9.17, 15) is 0 Å². The lowest BCUT2D eigenvalue weighted by Gasteiger charge is -2.26. The van der Waals surface area contributed by atoms with Crippen LogP contribution in [0, 0.1) is 0 Å². The Kier molecular flexibility index (Phi) is 11.9. The van der Waals surface area contributed by atoms with E-state index in [1.807, 2.05) is 0 Å². The summed E-state index contributed by atoms with van der Waals surface area (Å²) in [4.78, 5) is 2.39. The standard InChI is InChI=1S/C76H52N2/c1-4-18-53(19-5-1)63-49-64(54-20-6-2-7-21-54)51-65(50-63)57-42-46-68(47-43-57)77(67-44-40-56(41-45-67)55-36-38-59(39-37-55)71-32-16-23-58-22-10-11-30-70(58)71)69-29-15-25-61(52-69)60-24-14-26-62(48-60)72-33-17-35-75-76(72)73-31-12-13-34-74(73)78(75)66-27-8-3-9-28-66/h1-52H. The highest BCUT2D eigenvalue weighted by molar-refractivity contribution is 6.16. The SMILES string of the molecule is c1ccc(-c2cc(-c3ccccc3)cc(-c3ccc(N(c4ccc(-c5ccc(-c6cccc7ccccc67)cc5)cc4)c4cccc(-c5cccc(-c6cccc7c6c6ccccc6n7-c6ccccc6)c5)c4)cc3)c2)cc1. The Morgan fingerprint density at radius 2 is 0.628 bits per heavy atom. The molecule has 0 atom stereocenters. The smallest absolute Gasteiger partial charge is 0.0547 e. The number of hydrogen-bond donors (Lipinski definition) is 0. The second-order valence-corrected chi connectivity index (χ2v) is 20.1. The topological polar surface area (TPSA) is 8.17 Å². The summed E-state index contributed by atoms with van der Waals surface area (Å²) in [6.45, 7) is 0. The first kappa shape index (κ1) is 46.3. The maximum absolute atomic E-state index is 2.39. The van der Waals surface area contributed by atoms with Crippen LogP contribution in [0.2, 0.25) is 0 Å². The highest BCUT2D eigenvalue weighted by Gasteiger charge is 2.19. The third-order valence-corrected chi connectivity index (χ3v) is 15.4. The number of fused-ring (bicyclic) bond motifs is 4. The summed E-state index contributed by atoms with van der Waals surface area (Å²) in [6, 6.07) is 115. The molecule has 0 saturated heterocycles. The number of benzene rings is 13. The normalized spacial score (nSPS) is 11.3. The summed E-state index contributed by atoms with van der Waals surface area (Å²) in [5.74, 6) is 0. The molecule has 0 saturated carbocycles. The van der Waals surface area contributed by atoms with Crippen molar-refractivity contribution in [2.75, 3.05) is 4.90 Å². The average molecular weight is 993 g/mol. The quantitative estimate of drug-likeness (QED) is 0.125. The average Bonchev–Trinajstić information content (AvgIpc) is 4.07. The summed E-state index contributed by atoms with van der Waals surface area (Å²) in [7, 11) is 0. The van der Waals surface area contributed by atoms with E-state index in [1.54, 1.807) is 0 Å². The van der Waals surface area contributed by atoms with Crippen molar-refractivity contribution in [2.45, 2.75) is 0 Å². The Balaban J connectivity index is 0.848. The Morgan fingerprint density at radius 3 is 1.28 bits per heavy atom. The molecule has 0 N–H and O–H groups in total. The van der Waals surface area contributed by atoms with Gasteiger partial charge in [0.25, 0.3) is 0 Å². The summed E-state index contributed by atoms with van der Waals surface area (Å²) < 4.78 is 2.39. The zero-order valence-corrected chi connectivity index (χ0v) is 42.9. The number of anilines is 3. The summed E-state index contributed by atoms with van der Waals surface area (Å²) in [5, 5.41) is 5.01. The monoisotopic (exact) mass is 992 g/mol.